The topological polar surface area (TPSA) is 120 Å². The van der Waals surface area contributed by atoms with E-state index in [1.807, 2.05) is 12.1 Å². The lowest BCUT2D eigenvalue weighted by Crippen LogP contribution is -2.40. The van der Waals surface area contributed by atoms with E-state index in [0.29, 0.717) is 49.6 Å². The number of halogens is 1. The van der Waals surface area contributed by atoms with Gasteiger partial charge in [0, 0.05) is 32.4 Å². The van der Waals surface area contributed by atoms with Crippen LogP contribution < -0.4 is 17.0 Å². The lowest BCUT2D eigenvalue weighted by Gasteiger charge is -2.26. The molecule has 1 fully saturated rings. The lowest BCUT2D eigenvalue weighted by atomic mass is 10.0. The molecule has 2 heterocycles. The van der Waals surface area contributed by atoms with Crippen LogP contribution in [0.25, 0.3) is 11.1 Å². The molecule has 0 unspecified atom stereocenters. The molecule has 1 aliphatic rings. The van der Waals surface area contributed by atoms with Crippen molar-refractivity contribution in [1.29, 1.82) is 0 Å². The predicted molar refractivity (Wildman–Crippen MR) is 120 cm³/mol. The highest BCUT2D eigenvalue weighted by Crippen LogP contribution is 2.19. The first-order valence-electron chi connectivity index (χ1n) is 9.98. The van der Waals surface area contributed by atoms with E-state index in [-0.39, 0.29) is 12.4 Å². The summed E-state index contributed by atoms with van der Waals surface area (Å²) < 4.78 is 12.0. The van der Waals surface area contributed by atoms with E-state index in [9.17, 15) is 14.4 Å². The molecule has 3 N–H and O–H groups in total. The van der Waals surface area contributed by atoms with E-state index < -0.39 is 23.3 Å². The van der Waals surface area contributed by atoms with E-state index >= 15 is 0 Å². The quantitative estimate of drug-likeness (QED) is 0.576. The number of rotatable bonds is 7. The smallest absolute Gasteiger partial charge is 0.328 e. The second kappa shape index (κ2) is 11.2. The third-order valence-corrected chi connectivity index (χ3v) is 5.37. The molecule has 1 aliphatic heterocycles. The van der Waals surface area contributed by atoms with Crippen LogP contribution >= 0.6 is 12.4 Å². The Morgan fingerprint density at radius 1 is 1.23 bits per heavy atom. The number of nitrogens with one attached hydrogen (secondary N) is 1. The van der Waals surface area contributed by atoms with Gasteiger partial charge in [0.15, 0.2) is 0 Å². The van der Waals surface area contributed by atoms with Crippen molar-refractivity contribution in [2.45, 2.75) is 19.4 Å². The molecule has 1 atom stereocenters. The van der Waals surface area contributed by atoms with Gasteiger partial charge in [-0.3, -0.25) is 19.5 Å². The number of benzene rings is 1. The van der Waals surface area contributed by atoms with Crippen molar-refractivity contribution in [3.8, 4) is 11.1 Å². The van der Waals surface area contributed by atoms with Gasteiger partial charge in [-0.05, 0) is 24.5 Å². The van der Waals surface area contributed by atoms with Gasteiger partial charge in [-0.15, -0.1) is 12.4 Å². The first kappa shape index (κ1) is 24.8. The minimum absolute atomic E-state index is 0. The number of nitrogens with zero attached hydrogens (tertiary/aromatic N) is 2. The number of aromatic nitrogens is 2. The zero-order valence-electron chi connectivity index (χ0n) is 17.8. The first-order valence-corrected chi connectivity index (χ1v) is 9.98. The zero-order chi connectivity index (χ0) is 21.7. The summed E-state index contributed by atoms with van der Waals surface area (Å²) in [5, 5.41) is 0. The minimum Gasteiger partial charge on any atom is -0.463 e. The highest BCUT2D eigenvalue weighted by molar-refractivity contribution is 5.85. The van der Waals surface area contributed by atoms with Crippen LogP contribution in [0.15, 0.2) is 33.9 Å². The molecular weight excluding hydrogens is 424 g/mol. The molecule has 1 saturated heterocycles. The SMILES string of the molecule is Cc1c(-c2ccc(C[C@H](N)C(=O)OCCN3CCOCC3)cc2)c(=O)[nH]c(=O)n1C.Cl. The summed E-state index contributed by atoms with van der Waals surface area (Å²) in [7, 11) is 1.61. The Labute approximate surface area is 186 Å². The van der Waals surface area contributed by atoms with Gasteiger partial charge in [0.05, 0.1) is 18.8 Å². The van der Waals surface area contributed by atoms with Crippen LogP contribution in [0, 0.1) is 6.92 Å². The Morgan fingerprint density at radius 3 is 2.52 bits per heavy atom. The van der Waals surface area contributed by atoms with Crippen LogP contribution in [0.1, 0.15) is 11.3 Å². The van der Waals surface area contributed by atoms with Crippen LogP contribution in [0.5, 0.6) is 0 Å². The number of esters is 1. The summed E-state index contributed by atoms with van der Waals surface area (Å²) in [5.41, 5.74) is 7.69. The summed E-state index contributed by atoms with van der Waals surface area (Å²) in [6.07, 6.45) is 0.333. The Morgan fingerprint density at radius 2 is 1.87 bits per heavy atom. The van der Waals surface area contributed by atoms with E-state index in [1.165, 1.54) is 4.57 Å². The number of ether oxygens (including phenoxy) is 2. The van der Waals surface area contributed by atoms with Crippen molar-refractivity contribution in [2.75, 3.05) is 39.5 Å². The Hall–Kier alpha value is -2.46. The first-order chi connectivity index (χ1) is 14.4. The molecule has 0 aliphatic carbocycles. The fourth-order valence-electron chi connectivity index (χ4n) is 3.42. The van der Waals surface area contributed by atoms with Crippen LogP contribution in [-0.2, 0) is 27.7 Å². The van der Waals surface area contributed by atoms with Gasteiger partial charge in [-0.1, -0.05) is 24.3 Å². The van der Waals surface area contributed by atoms with E-state index in [2.05, 4.69) is 9.88 Å². The van der Waals surface area contributed by atoms with Crippen LogP contribution in [0.4, 0.5) is 0 Å². The monoisotopic (exact) mass is 452 g/mol. The molecule has 31 heavy (non-hydrogen) atoms. The Balaban J connectivity index is 0.00000341. The molecule has 0 radical (unpaired) electrons. The summed E-state index contributed by atoms with van der Waals surface area (Å²) in [5.74, 6) is -0.433. The molecule has 1 aromatic heterocycles. The maximum absolute atomic E-state index is 12.2. The third-order valence-electron chi connectivity index (χ3n) is 5.37. The van der Waals surface area contributed by atoms with Crippen molar-refractivity contribution < 1.29 is 14.3 Å². The van der Waals surface area contributed by atoms with Gasteiger partial charge >= 0.3 is 11.7 Å². The van der Waals surface area contributed by atoms with Crippen LogP contribution in [0.3, 0.4) is 0 Å². The fraction of sp³-hybridized carbons (Fsp3) is 0.476. The van der Waals surface area contributed by atoms with Crippen molar-refractivity contribution in [2.24, 2.45) is 12.8 Å². The highest BCUT2D eigenvalue weighted by Gasteiger charge is 2.18. The maximum atomic E-state index is 12.2. The number of carbonyl (C=O) groups is 1. The number of hydrogen-bond acceptors (Lipinski definition) is 7. The normalized spacial score (nSPS) is 15.2. The number of carbonyl (C=O) groups excluding carboxylic acids is 1. The van der Waals surface area contributed by atoms with E-state index in [1.54, 1.807) is 26.1 Å². The average molecular weight is 453 g/mol. The lowest BCUT2D eigenvalue weighted by molar-refractivity contribution is -0.145. The molecule has 0 saturated carbocycles. The summed E-state index contributed by atoms with van der Waals surface area (Å²) in [6, 6.07) is 6.45. The van der Waals surface area contributed by atoms with Crippen molar-refractivity contribution in [3.63, 3.8) is 0 Å². The second-order valence-corrected chi connectivity index (χ2v) is 7.41. The molecule has 10 heteroatoms. The molecule has 2 aromatic rings. The average Bonchev–Trinajstić information content (AvgIpc) is 2.74. The number of morpholine rings is 1. The van der Waals surface area contributed by atoms with Crippen LogP contribution in [0.2, 0.25) is 0 Å². The standard InChI is InChI=1S/C21H28N4O5.ClH/c1-14-18(19(26)23-21(28)24(14)2)16-5-3-15(4-6-16)13-17(22)20(27)30-12-9-25-7-10-29-11-8-25;/h3-6,17H,7-13,22H2,1-2H3,(H,23,26,28);1H/t17-;/m0./s1. The second-order valence-electron chi connectivity index (χ2n) is 7.41. The van der Waals surface area contributed by atoms with Gasteiger partial charge in [0.2, 0.25) is 0 Å². The Kier molecular flexibility index (Phi) is 9.00. The molecule has 1 aromatic carbocycles. The number of H-pyrrole nitrogens is 1. The van der Waals surface area contributed by atoms with E-state index in [0.717, 1.165) is 18.7 Å². The van der Waals surface area contributed by atoms with Crippen molar-refractivity contribution in [1.82, 2.24) is 14.5 Å². The molecule has 3 rings (SSSR count). The molecular formula is C21H29ClN4O5. The summed E-state index contributed by atoms with van der Waals surface area (Å²) >= 11 is 0. The van der Waals surface area contributed by atoms with Crippen molar-refractivity contribution in [3.05, 3.63) is 56.4 Å². The molecule has 0 spiro atoms. The predicted octanol–water partition coefficient (Wildman–Crippen LogP) is 0.216. The summed E-state index contributed by atoms with van der Waals surface area (Å²) in [6.45, 7) is 5.79. The van der Waals surface area contributed by atoms with Crippen LogP contribution in [-0.4, -0.2) is 65.9 Å². The number of nitrogens with two attached hydrogens (primary N) is 1. The number of hydrogen-bond donors (Lipinski definition) is 2. The summed E-state index contributed by atoms with van der Waals surface area (Å²) in [4.78, 5) is 40.6. The van der Waals surface area contributed by atoms with Gasteiger partial charge < -0.3 is 19.8 Å². The zero-order valence-corrected chi connectivity index (χ0v) is 18.6. The molecule has 9 nitrogen and oxygen atoms in total. The van der Waals surface area contributed by atoms with E-state index in [4.69, 9.17) is 15.2 Å². The maximum Gasteiger partial charge on any atom is 0.328 e. The number of aromatic amines is 1. The molecule has 170 valence electrons. The fourth-order valence-corrected chi connectivity index (χ4v) is 3.42. The van der Waals surface area contributed by atoms with Gasteiger partial charge in [-0.2, -0.15) is 0 Å². The molecule has 0 bridgehead atoms. The highest BCUT2D eigenvalue weighted by atomic mass is 35.5. The van der Waals surface area contributed by atoms with Crippen molar-refractivity contribution >= 4 is 18.4 Å². The van der Waals surface area contributed by atoms with Gasteiger partial charge in [0.25, 0.3) is 5.56 Å². The third kappa shape index (κ3) is 6.27. The Bertz CT molecular complexity index is 996. The molecule has 0 amide bonds. The largest absolute Gasteiger partial charge is 0.463 e. The van der Waals surface area contributed by atoms with Gasteiger partial charge in [0.1, 0.15) is 12.6 Å². The van der Waals surface area contributed by atoms with Gasteiger partial charge in [-0.25, -0.2) is 4.79 Å². The minimum atomic E-state index is -0.761.